The molecule has 0 amide bonds. The number of nitrogens with two attached hydrogens (primary N) is 1. The van der Waals surface area contributed by atoms with Crippen molar-refractivity contribution in [1.82, 2.24) is 4.98 Å². The normalized spacial score (nSPS) is 12.9. The van der Waals surface area contributed by atoms with Crippen LogP contribution >= 0.6 is 22.7 Å². The fraction of sp³-hybridized carbons (Fsp3) is 0.417. The smallest absolute Gasteiger partial charge is 0.0948 e. The summed E-state index contributed by atoms with van der Waals surface area (Å²) in [5.41, 5.74) is 6.79. The van der Waals surface area contributed by atoms with Gasteiger partial charge in [-0.25, -0.2) is 4.98 Å². The summed E-state index contributed by atoms with van der Waals surface area (Å²) in [7, 11) is 0. The summed E-state index contributed by atoms with van der Waals surface area (Å²) in [5, 5.41) is 3.24. The molecule has 16 heavy (non-hydrogen) atoms. The van der Waals surface area contributed by atoms with Gasteiger partial charge in [0.2, 0.25) is 0 Å². The lowest BCUT2D eigenvalue weighted by atomic mass is 10.0. The Balaban J connectivity index is 2.38. The highest BCUT2D eigenvalue weighted by Crippen LogP contribution is 2.36. The predicted molar refractivity (Wildman–Crippen MR) is 72.3 cm³/mol. The number of hydrogen-bond acceptors (Lipinski definition) is 4. The van der Waals surface area contributed by atoms with E-state index in [1.54, 1.807) is 22.7 Å². The molecule has 2 nitrogen and oxygen atoms in total. The molecular weight excluding hydrogens is 236 g/mol. The van der Waals surface area contributed by atoms with E-state index in [1.807, 2.05) is 0 Å². The lowest BCUT2D eigenvalue weighted by molar-refractivity contribution is 0.701. The summed E-state index contributed by atoms with van der Waals surface area (Å²) in [4.78, 5) is 7.29. The lowest BCUT2D eigenvalue weighted by Crippen LogP contribution is -2.04. The van der Waals surface area contributed by atoms with Crippen LogP contribution in [-0.2, 0) is 0 Å². The summed E-state index contributed by atoms with van der Waals surface area (Å²) in [5.74, 6) is 0.508. The monoisotopic (exact) mass is 252 g/mol. The number of aryl methyl sites for hydroxylation is 1. The van der Waals surface area contributed by atoms with Gasteiger partial charge in [-0.3, -0.25) is 0 Å². The zero-order valence-electron chi connectivity index (χ0n) is 9.56. The maximum Gasteiger partial charge on any atom is 0.0948 e. The van der Waals surface area contributed by atoms with Crippen LogP contribution in [0.15, 0.2) is 17.5 Å². The van der Waals surface area contributed by atoms with E-state index < -0.39 is 0 Å². The number of rotatable bonds is 4. The molecule has 0 aliphatic carbocycles. The van der Waals surface area contributed by atoms with E-state index in [9.17, 15) is 0 Å². The molecule has 2 heterocycles. The number of thiophene rings is 1. The van der Waals surface area contributed by atoms with Gasteiger partial charge in [-0.05, 0) is 37.3 Å². The van der Waals surface area contributed by atoms with Crippen LogP contribution in [0.2, 0.25) is 0 Å². The van der Waals surface area contributed by atoms with Gasteiger partial charge in [-0.15, -0.1) is 22.7 Å². The van der Waals surface area contributed by atoms with Crippen LogP contribution in [0.3, 0.4) is 0 Å². The summed E-state index contributed by atoms with van der Waals surface area (Å²) in [6.45, 7) is 5.04. The van der Waals surface area contributed by atoms with Crippen LogP contribution in [0.4, 0.5) is 0 Å². The maximum atomic E-state index is 5.63. The van der Waals surface area contributed by atoms with Crippen molar-refractivity contribution in [3.63, 3.8) is 0 Å². The van der Waals surface area contributed by atoms with Crippen molar-refractivity contribution in [3.05, 3.63) is 27.4 Å². The molecule has 2 aromatic heterocycles. The summed E-state index contributed by atoms with van der Waals surface area (Å²) < 4.78 is 0. The highest BCUT2D eigenvalue weighted by molar-refractivity contribution is 7.15. The Morgan fingerprint density at radius 2 is 2.31 bits per heavy atom. The van der Waals surface area contributed by atoms with Crippen LogP contribution in [0.1, 0.15) is 29.1 Å². The predicted octanol–water partition coefficient (Wildman–Crippen LogP) is 3.63. The summed E-state index contributed by atoms with van der Waals surface area (Å²) >= 11 is 3.55. The van der Waals surface area contributed by atoms with Gasteiger partial charge < -0.3 is 5.73 Å². The Bertz CT molecular complexity index is 446. The zero-order valence-corrected chi connectivity index (χ0v) is 11.2. The van der Waals surface area contributed by atoms with Crippen LogP contribution < -0.4 is 5.73 Å². The highest BCUT2D eigenvalue weighted by Gasteiger charge is 2.17. The Morgan fingerprint density at radius 1 is 1.50 bits per heavy atom. The molecule has 0 aromatic carbocycles. The number of hydrogen-bond donors (Lipinski definition) is 1. The molecule has 0 spiro atoms. The first-order valence-corrected chi connectivity index (χ1v) is 7.13. The summed E-state index contributed by atoms with van der Waals surface area (Å²) in [6.07, 6.45) is 1.03. The first-order valence-electron chi connectivity index (χ1n) is 5.43. The van der Waals surface area contributed by atoms with Crippen molar-refractivity contribution in [3.8, 4) is 10.6 Å². The van der Waals surface area contributed by atoms with Crippen LogP contribution in [-0.4, -0.2) is 11.5 Å². The van der Waals surface area contributed by atoms with E-state index in [1.165, 1.54) is 15.4 Å². The molecule has 0 aliphatic heterocycles. The van der Waals surface area contributed by atoms with Gasteiger partial charge in [0.25, 0.3) is 0 Å². The maximum absolute atomic E-state index is 5.63. The van der Waals surface area contributed by atoms with Crippen molar-refractivity contribution in [2.24, 2.45) is 5.73 Å². The molecule has 0 bridgehead atoms. The molecule has 0 radical (unpaired) electrons. The Labute approximate surface area is 104 Å². The van der Waals surface area contributed by atoms with Gasteiger partial charge in [0.15, 0.2) is 0 Å². The molecule has 2 N–H and O–H groups in total. The Hall–Kier alpha value is -0.710. The van der Waals surface area contributed by atoms with Crippen molar-refractivity contribution >= 4 is 22.7 Å². The molecule has 0 fully saturated rings. The first-order chi connectivity index (χ1) is 7.72. The number of thiazole rings is 1. The minimum absolute atomic E-state index is 0.508. The molecule has 1 unspecified atom stereocenters. The minimum Gasteiger partial charge on any atom is -0.330 e. The second kappa shape index (κ2) is 5.08. The van der Waals surface area contributed by atoms with Crippen molar-refractivity contribution in [2.75, 3.05) is 6.54 Å². The van der Waals surface area contributed by atoms with Gasteiger partial charge in [0, 0.05) is 4.88 Å². The average molecular weight is 252 g/mol. The third kappa shape index (κ3) is 2.34. The Kier molecular flexibility index (Phi) is 3.74. The highest BCUT2D eigenvalue weighted by atomic mass is 32.1. The Morgan fingerprint density at radius 3 is 2.94 bits per heavy atom. The van der Waals surface area contributed by atoms with Crippen LogP contribution in [0.5, 0.6) is 0 Å². The molecule has 0 aliphatic rings. The van der Waals surface area contributed by atoms with Gasteiger partial charge in [0.1, 0.15) is 0 Å². The van der Waals surface area contributed by atoms with E-state index in [0.717, 1.165) is 18.0 Å². The van der Waals surface area contributed by atoms with E-state index >= 15 is 0 Å². The van der Waals surface area contributed by atoms with Crippen molar-refractivity contribution < 1.29 is 0 Å². The van der Waals surface area contributed by atoms with Crippen molar-refractivity contribution in [2.45, 2.75) is 26.2 Å². The molecule has 4 heteroatoms. The third-order valence-electron chi connectivity index (χ3n) is 2.56. The molecule has 2 rings (SSSR count). The second-order valence-electron chi connectivity index (χ2n) is 3.90. The third-order valence-corrected chi connectivity index (χ3v) is 4.64. The quantitative estimate of drug-likeness (QED) is 0.902. The fourth-order valence-corrected chi connectivity index (χ4v) is 3.57. The van der Waals surface area contributed by atoms with Crippen molar-refractivity contribution in [1.29, 1.82) is 0 Å². The first kappa shape index (κ1) is 11.8. The molecule has 0 saturated heterocycles. The lowest BCUT2D eigenvalue weighted by Gasteiger charge is -2.08. The van der Waals surface area contributed by atoms with Gasteiger partial charge in [-0.1, -0.05) is 13.0 Å². The SMILES string of the molecule is Cc1nc(-c2cccs2)c(C(C)CCN)s1. The molecule has 86 valence electrons. The number of nitrogens with zero attached hydrogens (tertiary/aromatic N) is 1. The van der Waals surface area contributed by atoms with Gasteiger partial charge in [-0.2, -0.15) is 0 Å². The molecule has 0 saturated carbocycles. The molecule has 1 atom stereocenters. The van der Waals surface area contributed by atoms with E-state index in [4.69, 9.17) is 5.73 Å². The zero-order chi connectivity index (χ0) is 11.5. The summed E-state index contributed by atoms with van der Waals surface area (Å²) in [6, 6.07) is 4.21. The number of aromatic nitrogens is 1. The average Bonchev–Trinajstić information content (AvgIpc) is 2.85. The fourth-order valence-electron chi connectivity index (χ4n) is 1.75. The standard InChI is InChI=1S/C12H16N2S2/c1-8(5-6-13)12-11(14-9(2)16-12)10-4-3-7-15-10/h3-4,7-8H,5-6,13H2,1-2H3. The second-order valence-corrected chi connectivity index (χ2v) is 6.08. The largest absolute Gasteiger partial charge is 0.330 e. The van der Waals surface area contributed by atoms with Crippen LogP contribution in [0.25, 0.3) is 10.6 Å². The minimum atomic E-state index is 0.508. The van der Waals surface area contributed by atoms with E-state index in [-0.39, 0.29) is 0 Å². The van der Waals surface area contributed by atoms with E-state index in [2.05, 4.69) is 36.3 Å². The topological polar surface area (TPSA) is 38.9 Å². The van der Waals surface area contributed by atoms with Gasteiger partial charge >= 0.3 is 0 Å². The van der Waals surface area contributed by atoms with Crippen LogP contribution in [0, 0.1) is 6.92 Å². The molecule has 2 aromatic rings. The van der Waals surface area contributed by atoms with E-state index in [0.29, 0.717) is 5.92 Å². The molecular formula is C12H16N2S2. The van der Waals surface area contributed by atoms with Gasteiger partial charge in [0.05, 0.1) is 15.6 Å².